The Kier molecular flexibility index (Phi) is 8.91. The molecule has 9 heteroatoms. The van der Waals surface area contributed by atoms with Crippen molar-refractivity contribution in [2.24, 2.45) is 5.92 Å². The van der Waals surface area contributed by atoms with Crippen molar-refractivity contribution in [2.75, 3.05) is 11.9 Å². The number of nitrogens with zero attached hydrogens (tertiary/aromatic N) is 3. The molecule has 0 aliphatic rings. The number of amides is 1. The average molecular weight is 527 g/mol. The van der Waals surface area contributed by atoms with Gasteiger partial charge in [-0.25, -0.2) is 0 Å². The van der Waals surface area contributed by atoms with E-state index in [-0.39, 0.29) is 22.7 Å². The van der Waals surface area contributed by atoms with Gasteiger partial charge < -0.3 is 24.2 Å². The maximum Gasteiger partial charge on any atom is 0.248 e. The van der Waals surface area contributed by atoms with Gasteiger partial charge in [-0.3, -0.25) is 9.48 Å². The highest BCUT2D eigenvalue weighted by Crippen LogP contribution is 2.36. The van der Waals surface area contributed by atoms with Crippen LogP contribution in [0, 0.1) is 12.8 Å². The highest BCUT2D eigenvalue weighted by atomic mass is 28.4. The number of hydrogen-bond donors (Lipinski definition) is 2. The standard InChI is InChI=1S/C28H42N4O4Si/c1-20(2)17-23(32-19-22(18-26(32)33)36-24-12-10-9-11-21(24)3)27(34)29-25-13-14-31(30-25)15-16-35-37(7,8)28(4,5)6/h9-14,18-20,23,33H,15-17H2,1-8H3,(H,29,30,34)/t23-/m0/s1. The summed E-state index contributed by atoms with van der Waals surface area (Å²) in [6, 6.07) is 10.4. The zero-order chi connectivity index (χ0) is 27.4. The molecule has 0 radical (unpaired) electrons. The molecule has 2 aromatic heterocycles. The summed E-state index contributed by atoms with van der Waals surface area (Å²) in [5.74, 6) is 1.59. The van der Waals surface area contributed by atoms with Crippen LogP contribution in [0.25, 0.3) is 0 Å². The number of benzene rings is 1. The molecule has 0 fully saturated rings. The van der Waals surface area contributed by atoms with Crippen LogP contribution >= 0.6 is 0 Å². The van der Waals surface area contributed by atoms with Gasteiger partial charge in [0.25, 0.3) is 0 Å². The van der Waals surface area contributed by atoms with E-state index in [0.29, 0.717) is 36.9 Å². The minimum Gasteiger partial charge on any atom is -0.494 e. The van der Waals surface area contributed by atoms with Crippen LogP contribution in [0.1, 0.15) is 52.6 Å². The Hall–Kier alpha value is -3.04. The van der Waals surface area contributed by atoms with E-state index in [4.69, 9.17) is 9.16 Å². The van der Waals surface area contributed by atoms with Crippen molar-refractivity contribution in [3.05, 3.63) is 54.4 Å². The Labute approximate surface area is 221 Å². The normalized spacial score (nSPS) is 13.1. The van der Waals surface area contributed by atoms with Gasteiger partial charge in [0.15, 0.2) is 20.0 Å². The number of aryl methyl sites for hydroxylation is 1. The second-order valence-corrected chi connectivity index (χ2v) is 16.3. The molecule has 2 N–H and O–H groups in total. The van der Waals surface area contributed by atoms with E-state index in [2.05, 4.69) is 44.3 Å². The van der Waals surface area contributed by atoms with E-state index in [0.717, 1.165) is 5.56 Å². The topological polar surface area (TPSA) is 90.5 Å². The van der Waals surface area contributed by atoms with Gasteiger partial charge in [0.1, 0.15) is 17.5 Å². The number of aromatic nitrogens is 3. The van der Waals surface area contributed by atoms with Gasteiger partial charge >= 0.3 is 0 Å². The van der Waals surface area contributed by atoms with Crippen LogP contribution in [0.15, 0.2) is 48.8 Å². The Balaban J connectivity index is 1.68. The molecule has 2 heterocycles. The van der Waals surface area contributed by atoms with Crippen LogP contribution in [0.2, 0.25) is 18.1 Å². The van der Waals surface area contributed by atoms with E-state index in [1.54, 1.807) is 21.5 Å². The quantitative estimate of drug-likeness (QED) is 0.270. The maximum atomic E-state index is 13.3. The number of ether oxygens (including phenoxy) is 1. The zero-order valence-electron chi connectivity index (χ0n) is 23.4. The van der Waals surface area contributed by atoms with Gasteiger partial charge in [0.05, 0.1) is 19.3 Å². The second-order valence-electron chi connectivity index (χ2n) is 11.5. The molecule has 1 amide bonds. The van der Waals surface area contributed by atoms with Crippen LogP contribution in [-0.2, 0) is 15.8 Å². The van der Waals surface area contributed by atoms with Gasteiger partial charge in [-0.2, -0.15) is 5.10 Å². The Morgan fingerprint density at radius 3 is 2.54 bits per heavy atom. The number of rotatable bonds is 11. The van der Waals surface area contributed by atoms with Gasteiger partial charge in [-0.15, -0.1) is 0 Å². The first-order valence-corrected chi connectivity index (χ1v) is 15.8. The van der Waals surface area contributed by atoms with Crippen LogP contribution in [0.3, 0.4) is 0 Å². The molecular weight excluding hydrogens is 484 g/mol. The largest absolute Gasteiger partial charge is 0.494 e. The highest BCUT2D eigenvalue weighted by molar-refractivity contribution is 6.74. The van der Waals surface area contributed by atoms with Gasteiger partial charge in [-0.1, -0.05) is 52.8 Å². The summed E-state index contributed by atoms with van der Waals surface area (Å²) in [7, 11) is -1.83. The van der Waals surface area contributed by atoms with Gasteiger partial charge in [0.2, 0.25) is 5.91 Å². The van der Waals surface area contributed by atoms with E-state index in [1.165, 1.54) is 6.07 Å². The summed E-state index contributed by atoms with van der Waals surface area (Å²) in [5, 5.41) is 18.2. The average Bonchev–Trinajstić information content (AvgIpc) is 3.38. The van der Waals surface area contributed by atoms with Crippen LogP contribution < -0.4 is 10.1 Å². The van der Waals surface area contributed by atoms with Crippen molar-refractivity contribution in [3.8, 4) is 17.4 Å². The predicted molar refractivity (Wildman–Crippen MR) is 150 cm³/mol. The van der Waals surface area contributed by atoms with E-state index in [9.17, 15) is 9.90 Å². The third-order valence-corrected chi connectivity index (χ3v) is 11.5. The molecular formula is C28H42N4O4Si. The molecule has 0 saturated carbocycles. The Morgan fingerprint density at radius 2 is 1.89 bits per heavy atom. The summed E-state index contributed by atoms with van der Waals surface area (Å²) in [6.45, 7) is 18.3. The number of hydrogen-bond acceptors (Lipinski definition) is 5. The lowest BCUT2D eigenvalue weighted by Crippen LogP contribution is -2.41. The Morgan fingerprint density at radius 1 is 1.19 bits per heavy atom. The van der Waals surface area contributed by atoms with E-state index < -0.39 is 14.4 Å². The first-order chi connectivity index (χ1) is 17.3. The molecule has 37 heavy (non-hydrogen) atoms. The fourth-order valence-corrected chi connectivity index (χ4v) is 4.75. The fourth-order valence-electron chi connectivity index (χ4n) is 3.71. The molecule has 0 spiro atoms. The van der Waals surface area contributed by atoms with E-state index in [1.807, 2.05) is 51.2 Å². The summed E-state index contributed by atoms with van der Waals surface area (Å²) < 4.78 is 15.6. The lowest BCUT2D eigenvalue weighted by molar-refractivity contribution is -0.119. The third kappa shape index (κ3) is 7.49. The second kappa shape index (κ2) is 11.6. The molecule has 0 bridgehead atoms. The van der Waals surface area contributed by atoms with Crippen molar-refractivity contribution in [1.82, 2.24) is 14.3 Å². The maximum absolute atomic E-state index is 13.3. The zero-order valence-corrected chi connectivity index (χ0v) is 24.4. The number of carbonyl (C=O) groups is 1. The Bertz CT molecular complexity index is 1190. The number of aromatic hydroxyl groups is 1. The van der Waals surface area contributed by atoms with Crippen molar-refractivity contribution < 1.29 is 19.1 Å². The molecule has 0 saturated heterocycles. The number of nitrogens with one attached hydrogen (secondary N) is 1. The first-order valence-electron chi connectivity index (χ1n) is 12.9. The third-order valence-electron chi connectivity index (χ3n) is 6.94. The molecule has 0 unspecified atom stereocenters. The predicted octanol–water partition coefficient (Wildman–Crippen LogP) is 6.74. The van der Waals surface area contributed by atoms with Crippen molar-refractivity contribution in [1.29, 1.82) is 0 Å². The van der Waals surface area contributed by atoms with Crippen LogP contribution in [0.5, 0.6) is 17.4 Å². The SMILES string of the molecule is Cc1ccccc1Oc1cc(O)n([C@@H](CC(C)C)C(=O)Nc2ccn(CCO[Si](C)(C)C(C)(C)C)n2)c1. The summed E-state index contributed by atoms with van der Waals surface area (Å²) in [4.78, 5) is 13.3. The summed E-state index contributed by atoms with van der Waals surface area (Å²) in [5.41, 5.74) is 0.983. The molecule has 1 aromatic carbocycles. The van der Waals surface area contributed by atoms with Crippen LogP contribution in [-0.4, -0.2) is 40.3 Å². The lowest BCUT2D eigenvalue weighted by Gasteiger charge is -2.36. The van der Waals surface area contributed by atoms with Crippen LogP contribution in [0.4, 0.5) is 5.82 Å². The van der Waals surface area contributed by atoms with E-state index >= 15 is 0 Å². The number of carbonyl (C=O) groups excluding carboxylic acids is 1. The fraction of sp³-hybridized carbons (Fsp3) is 0.500. The van der Waals surface area contributed by atoms with Crippen molar-refractivity contribution in [2.45, 2.75) is 78.7 Å². The minimum absolute atomic E-state index is 0.0299. The molecule has 8 nitrogen and oxygen atoms in total. The van der Waals surface area contributed by atoms with Crippen molar-refractivity contribution >= 4 is 20.0 Å². The summed E-state index contributed by atoms with van der Waals surface area (Å²) >= 11 is 0. The number of anilines is 1. The smallest absolute Gasteiger partial charge is 0.248 e. The lowest BCUT2D eigenvalue weighted by atomic mass is 10.0. The number of para-hydroxylation sites is 1. The molecule has 1 atom stereocenters. The highest BCUT2D eigenvalue weighted by Gasteiger charge is 2.36. The molecule has 202 valence electrons. The summed E-state index contributed by atoms with van der Waals surface area (Å²) in [6.07, 6.45) is 4.05. The molecule has 3 aromatic rings. The minimum atomic E-state index is -1.83. The van der Waals surface area contributed by atoms with Gasteiger partial charge in [-0.05, 0) is 49.0 Å². The van der Waals surface area contributed by atoms with Crippen molar-refractivity contribution in [3.63, 3.8) is 0 Å². The monoisotopic (exact) mass is 526 g/mol. The van der Waals surface area contributed by atoms with Gasteiger partial charge in [0, 0.05) is 18.3 Å². The first kappa shape index (κ1) is 28.5. The molecule has 0 aliphatic heterocycles. The molecule has 3 rings (SSSR count). The molecule has 0 aliphatic carbocycles.